The molecule has 4 nitrogen and oxygen atoms in total. The molecule has 2 heterocycles. The third-order valence-electron chi connectivity index (χ3n) is 5.11. The molecule has 0 spiro atoms. The summed E-state index contributed by atoms with van der Waals surface area (Å²) in [7, 11) is 0. The van der Waals surface area contributed by atoms with Crippen molar-refractivity contribution in [2.24, 2.45) is 0 Å². The van der Waals surface area contributed by atoms with E-state index in [1.54, 1.807) is 0 Å². The summed E-state index contributed by atoms with van der Waals surface area (Å²) < 4.78 is 0. The lowest BCUT2D eigenvalue weighted by Gasteiger charge is -2.10. The van der Waals surface area contributed by atoms with Gasteiger partial charge in [0.15, 0.2) is 0 Å². The van der Waals surface area contributed by atoms with Gasteiger partial charge in [0.1, 0.15) is 11.6 Å². The number of anilines is 2. The highest BCUT2D eigenvalue weighted by Crippen LogP contribution is 2.20. The zero-order chi connectivity index (χ0) is 21.1. The molecule has 0 fully saturated rings. The summed E-state index contributed by atoms with van der Waals surface area (Å²) in [6, 6.07) is 21.6. The molecule has 0 unspecified atom stereocenters. The first-order valence-electron chi connectivity index (χ1n) is 10.3. The van der Waals surface area contributed by atoms with Crippen molar-refractivity contribution in [3.63, 3.8) is 0 Å². The minimum Gasteiger partial charge on any atom is -0.366 e. The van der Waals surface area contributed by atoms with Crippen LogP contribution in [-0.2, 0) is 13.1 Å². The molecule has 30 heavy (non-hydrogen) atoms. The number of aromatic nitrogens is 2. The Bertz CT molecular complexity index is 1070. The summed E-state index contributed by atoms with van der Waals surface area (Å²) in [4.78, 5) is 9.11. The lowest BCUT2D eigenvalue weighted by atomic mass is 10.0. The number of fused-ring (bicyclic) bond motifs is 1. The Morgan fingerprint density at radius 1 is 0.600 bits per heavy atom. The predicted molar refractivity (Wildman–Crippen MR) is 128 cm³/mol. The molecular formula is C26H30N4. The van der Waals surface area contributed by atoms with Crippen LogP contribution in [0.3, 0.4) is 0 Å². The van der Waals surface area contributed by atoms with Crippen LogP contribution in [0.1, 0.15) is 35.1 Å². The molecular weight excluding hydrogens is 368 g/mol. The van der Waals surface area contributed by atoms with Crippen molar-refractivity contribution in [1.29, 1.82) is 0 Å². The summed E-state index contributed by atoms with van der Waals surface area (Å²) in [6.07, 6.45) is 0. The van der Waals surface area contributed by atoms with Crippen molar-refractivity contribution in [3.8, 4) is 0 Å². The van der Waals surface area contributed by atoms with Crippen LogP contribution in [0.5, 0.6) is 0 Å². The summed E-state index contributed by atoms with van der Waals surface area (Å²) in [5.74, 6) is 1.85. The molecule has 0 saturated carbocycles. The van der Waals surface area contributed by atoms with E-state index in [1.165, 1.54) is 33.0 Å². The summed E-state index contributed by atoms with van der Waals surface area (Å²) in [5, 5.41) is 9.37. The smallest absolute Gasteiger partial charge is 0.126 e. The highest BCUT2D eigenvalue weighted by molar-refractivity contribution is 5.84. The van der Waals surface area contributed by atoms with E-state index in [-0.39, 0.29) is 1.43 Å². The predicted octanol–water partition coefficient (Wildman–Crippen LogP) is 6.33. The molecule has 2 aromatic heterocycles. The van der Waals surface area contributed by atoms with Crippen molar-refractivity contribution in [3.05, 3.63) is 94.3 Å². The average molecular weight is 399 g/mol. The first kappa shape index (κ1) is 19.9. The van der Waals surface area contributed by atoms with Crippen LogP contribution in [0.25, 0.3) is 10.8 Å². The second-order valence-electron chi connectivity index (χ2n) is 8.07. The SMILES string of the molecule is Cc1cc(C)nc(NCc2ccc3cc(CNc4cc(C)cc(C)n4)ccc3c2)c1.[HH]. The Morgan fingerprint density at radius 2 is 1.03 bits per heavy atom. The van der Waals surface area contributed by atoms with Gasteiger partial charge in [0.05, 0.1) is 0 Å². The molecule has 0 saturated heterocycles. The van der Waals surface area contributed by atoms with E-state index in [0.29, 0.717) is 0 Å². The van der Waals surface area contributed by atoms with Crippen LogP contribution < -0.4 is 10.6 Å². The van der Waals surface area contributed by atoms with Gasteiger partial charge in [-0.25, -0.2) is 9.97 Å². The van der Waals surface area contributed by atoms with Gasteiger partial charge in [-0.05, 0) is 97.1 Å². The number of nitrogens with zero attached hydrogens (tertiary/aromatic N) is 2. The lowest BCUT2D eigenvalue weighted by Crippen LogP contribution is -2.03. The van der Waals surface area contributed by atoms with Crippen LogP contribution >= 0.6 is 0 Å². The lowest BCUT2D eigenvalue weighted by molar-refractivity contribution is 1.08. The molecule has 154 valence electrons. The molecule has 2 N–H and O–H groups in total. The summed E-state index contributed by atoms with van der Waals surface area (Å²) in [6.45, 7) is 9.76. The Kier molecular flexibility index (Phi) is 5.66. The summed E-state index contributed by atoms with van der Waals surface area (Å²) >= 11 is 0. The van der Waals surface area contributed by atoms with E-state index < -0.39 is 0 Å². The molecule has 0 amide bonds. The van der Waals surface area contributed by atoms with Gasteiger partial charge in [0.25, 0.3) is 0 Å². The average Bonchev–Trinajstić information content (AvgIpc) is 2.69. The molecule has 0 aliphatic rings. The zero-order valence-electron chi connectivity index (χ0n) is 18.1. The fraction of sp³-hybridized carbons (Fsp3) is 0.231. The van der Waals surface area contributed by atoms with Crippen LogP contribution in [0.15, 0.2) is 60.7 Å². The molecule has 0 atom stereocenters. The Balaban J connectivity index is 0.00000272. The normalized spacial score (nSPS) is 10.9. The molecule has 2 aromatic carbocycles. The van der Waals surface area contributed by atoms with Crippen LogP contribution in [-0.4, -0.2) is 9.97 Å². The second-order valence-corrected chi connectivity index (χ2v) is 8.07. The minimum atomic E-state index is 0. The topological polar surface area (TPSA) is 49.8 Å². The van der Waals surface area contributed by atoms with E-state index in [9.17, 15) is 0 Å². The van der Waals surface area contributed by atoms with Crippen molar-refractivity contribution in [2.75, 3.05) is 10.6 Å². The number of hydrogen-bond donors (Lipinski definition) is 2. The van der Waals surface area contributed by atoms with Gasteiger partial charge in [-0.1, -0.05) is 24.3 Å². The highest BCUT2D eigenvalue weighted by Gasteiger charge is 2.03. The van der Waals surface area contributed by atoms with Crippen molar-refractivity contribution in [1.82, 2.24) is 9.97 Å². The quantitative estimate of drug-likeness (QED) is 0.398. The molecule has 0 aliphatic heterocycles. The Hall–Kier alpha value is -3.40. The van der Waals surface area contributed by atoms with Gasteiger partial charge < -0.3 is 10.6 Å². The maximum Gasteiger partial charge on any atom is 0.126 e. The van der Waals surface area contributed by atoms with E-state index in [0.717, 1.165) is 36.1 Å². The van der Waals surface area contributed by atoms with E-state index in [2.05, 4.69) is 95.1 Å². The summed E-state index contributed by atoms with van der Waals surface area (Å²) in [5.41, 5.74) is 7.00. The number of rotatable bonds is 6. The van der Waals surface area contributed by atoms with Crippen molar-refractivity contribution in [2.45, 2.75) is 40.8 Å². The number of pyridine rings is 2. The van der Waals surface area contributed by atoms with E-state index in [1.807, 2.05) is 13.8 Å². The molecule has 0 radical (unpaired) electrons. The van der Waals surface area contributed by atoms with Crippen LogP contribution in [0.4, 0.5) is 11.6 Å². The fourth-order valence-electron chi connectivity index (χ4n) is 3.81. The third kappa shape index (κ3) is 4.95. The standard InChI is InChI=1S/C26H28N4.H2/c1-17-9-19(3)29-25(11-17)27-15-21-5-7-24-14-22(6-8-23(24)13-21)16-28-26-12-18(2)10-20(4)30-26;/h5-14H,15-16H2,1-4H3,(H,27,29)(H,28,30);1H. The zero-order valence-corrected chi connectivity index (χ0v) is 18.1. The van der Waals surface area contributed by atoms with Crippen molar-refractivity contribution >= 4 is 22.4 Å². The van der Waals surface area contributed by atoms with Crippen molar-refractivity contribution < 1.29 is 1.43 Å². The minimum absolute atomic E-state index is 0. The van der Waals surface area contributed by atoms with E-state index in [4.69, 9.17) is 0 Å². The monoisotopic (exact) mass is 398 g/mol. The number of nitrogens with one attached hydrogen (secondary N) is 2. The largest absolute Gasteiger partial charge is 0.366 e. The number of benzene rings is 2. The molecule has 0 bridgehead atoms. The fourth-order valence-corrected chi connectivity index (χ4v) is 3.81. The molecule has 4 rings (SSSR count). The van der Waals surface area contributed by atoms with Gasteiger partial charge in [0, 0.05) is 25.9 Å². The third-order valence-corrected chi connectivity index (χ3v) is 5.11. The van der Waals surface area contributed by atoms with Gasteiger partial charge in [-0.15, -0.1) is 0 Å². The first-order chi connectivity index (χ1) is 14.4. The highest BCUT2D eigenvalue weighted by atomic mass is 15.0. The second kappa shape index (κ2) is 8.54. The maximum absolute atomic E-state index is 4.56. The Morgan fingerprint density at radius 3 is 1.43 bits per heavy atom. The first-order valence-corrected chi connectivity index (χ1v) is 10.3. The van der Waals surface area contributed by atoms with Crippen LogP contribution in [0, 0.1) is 27.7 Å². The number of aryl methyl sites for hydroxylation is 4. The van der Waals surface area contributed by atoms with Crippen LogP contribution in [0.2, 0.25) is 0 Å². The van der Waals surface area contributed by atoms with Gasteiger partial charge >= 0.3 is 0 Å². The Labute approximate surface area is 179 Å². The van der Waals surface area contributed by atoms with Gasteiger partial charge in [0.2, 0.25) is 0 Å². The van der Waals surface area contributed by atoms with Gasteiger partial charge in [-0.2, -0.15) is 0 Å². The molecule has 0 aliphatic carbocycles. The maximum atomic E-state index is 4.56. The number of hydrogen-bond acceptors (Lipinski definition) is 4. The molecule has 4 aromatic rings. The van der Waals surface area contributed by atoms with Gasteiger partial charge in [-0.3, -0.25) is 0 Å². The van der Waals surface area contributed by atoms with E-state index >= 15 is 0 Å². The molecule has 4 heteroatoms.